The number of nitrogens with zero attached hydrogens (tertiary/aromatic N) is 2. The highest BCUT2D eigenvalue weighted by molar-refractivity contribution is 5.56. The molecule has 1 aromatic rings. The molecule has 0 aliphatic rings. The summed E-state index contributed by atoms with van der Waals surface area (Å²) < 4.78 is 27.7. The quantitative estimate of drug-likeness (QED) is 0.570. The number of halogens is 2. The van der Waals surface area contributed by atoms with Gasteiger partial charge in [0, 0.05) is 6.07 Å². The van der Waals surface area contributed by atoms with E-state index in [1.54, 1.807) is 0 Å². The maximum atomic E-state index is 11.9. The number of rotatable bonds is 3. The molecule has 0 heterocycles. The second-order valence-electron chi connectivity index (χ2n) is 2.40. The third kappa shape index (κ3) is 2.37. The molecule has 0 spiro atoms. The lowest BCUT2D eigenvalue weighted by Crippen LogP contribution is -2.04. The van der Waals surface area contributed by atoms with E-state index in [1.165, 1.54) is 6.07 Å². The van der Waals surface area contributed by atoms with Crippen molar-refractivity contribution in [2.45, 2.75) is 6.61 Å². The topological polar surface area (TPSA) is 76.2 Å². The van der Waals surface area contributed by atoms with Crippen LogP contribution in [0.3, 0.4) is 0 Å². The molecule has 0 unspecified atom stereocenters. The predicted octanol–water partition coefficient (Wildman–Crippen LogP) is 2.07. The van der Waals surface area contributed by atoms with E-state index in [9.17, 15) is 18.9 Å². The number of hydrogen-bond acceptors (Lipinski definition) is 4. The summed E-state index contributed by atoms with van der Waals surface area (Å²) in [4.78, 5) is 9.59. The highest BCUT2D eigenvalue weighted by Crippen LogP contribution is 2.28. The Morgan fingerprint density at radius 2 is 2.20 bits per heavy atom. The van der Waals surface area contributed by atoms with Crippen molar-refractivity contribution in [3.05, 3.63) is 33.9 Å². The van der Waals surface area contributed by atoms with Crippen molar-refractivity contribution < 1.29 is 18.4 Å². The van der Waals surface area contributed by atoms with E-state index in [0.717, 1.165) is 18.2 Å². The second kappa shape index (κ2) is 4.32. The number of nitro benzene ring substituents is 1. The lowest BCUT2D eigenvalue weighted by molar-refractivity contribution is -0.385. The summed E-state index contributed by atoms with van der Waals surface area (Å²) in [5, 5.41) is 19.0. The van der Waals surface area contributed by atoms with Crippen molar-refractivity contribution in [2.24, 2.45) is 0 Å². The van der Waals surface area contributed by atoms with E-state index in [1.807, 2.05) is 0 Å². The Kier molecular flexibility index (Phi) is 3.13. The van der Waals surface area contributed by atoms with Gasteiger partial charge in [0.25, 0.3) is 5.69 Å². The van der Waals surface area contributed by atoms with Gasteiger partial charge in [0.1, 0.15) is 6.07 Å². The number of benzene rings is 1. The molecule has 0 N–H and O–H groups in total. The molecule has 0 aromatic heterocycles. The molecule has 78 valence electrons. The Morgan fingerprint density at radius 3 is 2.67 bits per heavy atom. The zero-order chi connectivity index (χ0) is 11.4. The van der Waals surface area contributed by atoms with Gasteiger partial charge in [-0.15, -0.1) is 0 Å². The van der Waals surface area contributed by atoms with Crippen LogP contribution in [0.5, 0.6) is 5.75 Å². The molecular weight excluding hydrogens is 210 g/mol. The van der Waals surface area contributed by atoms with Crippen LogP contribution in [0.4, 0.5) is 14.5 Å². The summed E-state index contributed by atoms with van der Waals surface area (Å²) in [6.45, 7) is -3.13. The molecule has 1 aromatic carbocycles. The zero-order valence-electron chi connectivity index (χ0n) is 7.18. The fourth-order valence-electron chi connectivity index (χ4n) is 0.978. The van der Waals surface area contributed by atoms with Gasteiger partial charge < -0.3 is 4.74 Å². The maximum Gasteiger partial charge on any atom is 0.387 e. The maximum absolute atomic E-state index is 11.9. The Balaban J connectivity index is 3.24. The van der Waals surface area contributed by atoms with Crippen LogP contribution in [0.2, 0.25) is 0 Å². The largest absolute Gasteiger partial charge is 0.433 e. The smallest absolute Gasteiger partial charge is 0.387 e. The first-order valence-electron chi connectivity index (χ1n) is 3.68. The molecule has 0 aliphatic carbocycles. The van der Waals surface area contributed by atoms with E-state index in [0.29, 0.717) is 0 Å². The van der Waals surface area contributed by atoms with Crippen molar-refractivity contribution in [1.29, 1.82) is 5.26 Å². The molecule has 0 fully saturated rings. The third-order valence-electron chi connectivity index (χ3n) is 1.53. The summed E-state index contributed by atoms with van der Waals surface area (Å²) in [5.74, 6) is -0.498. The minimum absolute atomic E-state index is 0.498. The van der Waals surface area contributed by atoms with Crippen LogP contribution in [-0.4, -0.2) is 11.5 Å². The molecule has 0 bridgehead atoms. The number of alkyl halides is 2. The van der Waals surface area contributed by atoms with Gasteiger partial charge in [0.15, 0.2) is 11.3 Å². The molecule has 0 saturated heterocycles. The third-order valence-corrected chi connectivity index (χ3v) is 1.53. The monoisotopic (exact) mass is 214 g/mol. The summed E-state index contributed by atoms with van der Waals surface area (Å²) in [7, 11) is 0. The average Bonchev–Trinajstić information content (AvgIpc) is 2.16. The molecule has 5 nitrogen and oxygen atoms in total. The van der Waals surface area contributed by atoms with Crippen LogP contribution in [0.1, 0.15) is 5.56 Å². The molecule has 0 atom stereocenters. The van der Waals surface area contributed by atoms with Gasteiger partial charge in [-0.25, -0.2) is 0 Å². The van der Waals surface area contributed by atoms with Gasteiger partial charge in [-0.2, -0.15) is 14.0 Å². The van der Waals surface area contributed by atoms with E-state index < -0.39 is 28.5 Å². The average molecular weight is 214 g/mol. The summed E-state index contributed by atoms with van der Waals surface area (Å²) >= 11 is 0. The molecule has 0 aliphatic heterocycles. The molecule has 1 rings (SSSR count). The fourth-order valence-corrected chi connectivity index (χ4v) is 0.978. The van der Waals surface area contributed by atoms with Gasteiger partial charge in [-0.3, -0.25) is 10.1 Å². The number of nitro groups is 1. The molecular formula is C8H4F2N2O3. The summed E-state index contributed by atoms with van der Waals surface area (Å²) in [6, 6.07) is 4.72. The second-order valence-corrected chi connectivity index (χ2v) is 2.40. The van der Waals surface area contributed by atoms with Crippen LogP contribution in [0.15, 0.2) is 18.2 Å². The van der Waals surface area contributed by atoms with Crippen molar-refractivity contribution >= 4 is 5.69 Å². The van der Waals surface area contributed by atoms with Crippen molar-refractivity contribution in [1.82, 2.24) is 0 Å². The van der Waals surface area contributed by atoms with Gasteiger partial charge >= 0.3 is 6.61 Å². The Bertz CT molecular complexity index is 428. The van der Waals surface area contributed by atoms with Crippen LogP contribution >= 0.6 is 0 Å². The van der Waals surface area contributed by atoms with Gasteiger partial charge in [0.05, 0.1) is 4.92 Å². The summed E-state index contributed by atoms with van der Waals surface area (Å²) in [6.07, 6.45) is 0. The Labute approximate surface area is 82.7 Å². The molecule has 0 amide bonds. The Hall–Kier alpha value is -2.23. The number of ether oxygens (including phenoxy) is 1. The number of nitriles is 1. The van der Waals surface area contributed by atoms with Crippen molar-refractivity contribution in [3.8, 4) is 11.8 Å². The van der Waals surface area contributed by atoms with E-state index in [-0.39, 0.29) is 0 Å². The lowest BCUT2D eigenvalue weighted by atomic mass is 10.2. The van der Waals surface area contributed by atoms with Crippen molar-refractivity contribution in [2.75, 3.05) is 0 Å². The Morgan fingerprint density at radius 1 is 1.53 bits per heavy atom. The predicted molar refractivity (Wildman–Crippen MR) is 44.4 cm³/mol. The fraction of sp³-hybridized carbons (Fsp3) is 0.125. The van der Waals surface area contributed by atoms with E-state index in [2.05, 4.69) is 4.74 Å². The molecule has 0 saturated carbocycles. The van der Waals surface area contributed by atoms with Gasteiger partial charge in [-0.1, -0.05) is 6.07 Å². The SMILES string of the molecule is N#Cc1c(OC(F)F)cccc1[N+](=O)[O-]. The van der Waals surface area contributed by atoms with Gasteiger partial charge in [-0.05, 0) is 6.07 Å². The first-order chi connectivity index (χ1) is 7.06. The van der Waals surface area contributed by atoms with E-state index in [4.69, 9.17) is 5.26 Å². The zero-order valence-corrected chi connectivity index (χ0v) is 7.18. The minimum atomic E-state index is -3.13. The standard InChI is InChI=1S/C8H4F2N2O3/c9-8(10)15-7-3-1-2-6(12(13)14)5(7)4-11/h1-3,8H. The van der Waals surface area contributed by atoms with Crippen LogP contribution in [-0.2, 0) is 0 Å². The molecule has 15 heavy (non-hydrogen) atoms. The highest BCUT2D eigenvalue weighted by Gasteiger charge is 2.19. The lowest BCUT2D eigenvalue weighted by Gasteiger charge is -2.05. The first kappa shape index (κ1) is 10.8. The van der Waals surface area contributed by atoms with Crippen LogP contribution < -0.4 is 4.74 Å². The summed E-state index contributed by atoms with van der Waals surface area (Å²) in [5.41, 5.74) is -1.07. The molecule has 0 radical (unpaired) electrons. The first-order valence-corrected chi connectivity index (χ1v) is 3.68. The number of hydrogen-bond donors (Lipinski definition) is 0. The van der Waals surface area contributed by atoms with Crippen molar-refractivity contribution in [3.63, 3.8) is 0 Å². The highest BCUT2D eigenvalue weighted by atomic mass is 19.3. The minimum Gasteiger partial charge on any atom is -0.433 e. The van der Waals surface area contributed by atoms with E-state index >= 15 is 0 Å². The van der Waals surface area contributed by atoms with Crippen LogP contribution in [0.25, 0.3) is 0 Å². The normalized spacial score (nSPS) is 9.73. The molecule has 7 heteroatoms. The van der Waals surface area contributed by atoms with Crippen LogP contribution in [0, 0.1) is 21.4 Å². The van der Waals surface area contributed by atoms with Gasteiger partial charge in [0.2, 0.25) is 0 Å².